The first-order valence-corrected chi connectivity index (χ1v) is 16.8. The number of benzene rings is 1. The lowest BCUT2D eigenvalue weighted by Gasteiger charge is -2.47. The fourth-order valence-corrected chi connectivity index (χ4v) is 7.41. The van der Waals surface area contributed by atoms with Gasteiger partial charge in [-0.25, -0.2) is 14.4 Å². The zero-order valence-corrected chi connectivity index (χ0v) is 28.3. The van der Waals surface area contributed by atoms with Gasteiger partial charge in [-0.1, -0.05) is 41.4 Å². The third-order valence-corrected chi connectivity index (χ3v) is 10.1. The lowest BCUT2D eigenvalue weighted by molar-refractivity contribution is -0.121. The topological polar surface area (TPSA) is 133 Å². The van der Waals surface area contributed by atoms with E-state index >= 15 is 4.39 Å². The number of hydrogen-bond donors (Lipinski definition) is 4. The van der Waals surface area contributed by atoms with E-state index in [0.717, 1.165) is 25.1 Å². The Hall–Kier alpha value is -4.36. The summed E-state index contributed by atoms with van der Waals surface area (Å²) in [5.41, 5.74) is 3.98. The van der Waals surface area contributed by atoms with Crippen LogP contribution in [0.5, 0.6) is 5.88 Å². The van der Waals surface area contributed by atoms with Crippen LogP contribution in [0.25, 0.3) is 22.5 Å². The van der Waals surface area contributed by atoms with Crippen molar-refractivity contribution in [2.75, 3.05) is 38.6 Å². The van der Waals surface area contributed by atoms with Crippen molar-refractivity contribution in [1.82, 2.24) is 35.8 Å². The van der Waals surface area contributed by atoms with Crippen LogP contribution in [0, 0.1) is 11.2 Å². The second-order valence-corrected chi connectivity index (χ2v) is 13.6. The second kappa shape index (κ2) is 13.9. The average molecular weight is 706 g/mol. The molecule has 11 nitrogen and oxygen atoms in total. The zero-order chi connectivity index (χ0) is 34.1. The Kier molecular flexibility index (Phi) is 9.38. The number of amides is 2. The van der Waals surface area contributed by atoms with Crippen LogP contribution in [0.1, 0.15) is 30.4 Å². The smallest absolute Gasteiger partial charge is 0.220 e. The predicted molar refractivity (Wildman–Crippen MR) is 185 cm³/mol. The van der Waals surface area contributed by atoms with Gasteiger partial charge in [0.1, 0.15) is 0 Å². The molecule has 3 aliphatic heterocycles. The number of halogens is 3. The van der Waals surface area contributed by atoms with Crippen molar-refractivity contribution in [2.24, 2.45) is 5.41 Å². The Balaban J connectivity index is 1.07. The summed E-state index contributed by atoms with van der Waals surface area (Å²) < 4.78 is 21.3. The summed E-state index contributed by atoms with van der Waals surface area (Å²) in [5, 5.41) is 12.9. The molecule has 254 valence electrons. The number of likely N-dealkylation sites (tertiary alicyclic amines) is 1. The monoisotopic (exact) mass is 704 g/mol. The largest absolute Gasteiger partial charge is 0.481 e. The molecule has 3 aromatic heterocycles. The van der Waals surface area contributed by atoms with E-state index in [-0.39, 0.29) is 29.1 Å². The van der Waals surface area contributed by atoms with Crippen molar-refractivity contribution < 1.29 is 18.7 Å². The summed E-state index contributed by atoms with van der Waals surface area (Å²) in [6.07, 6.45) is 5.09. The molecule has 3 aliphatic rings. The van der Waals surface area contributed by atoms with Gasteiger partial charge in [-0.15, -0.1) is 0 Å². The van der Waals surface area contributed by atoms with Crippen molar-refractivity contribution in [3.05, 3.63) is 81.8 Å². The average Bonchev–Trinajstić information content (AvgIpc) is 3.69. The molecule has 1 aromatic carbocycles. The molecule has 2 amide bonds. The number of nitrogens with one attached hydrogen (secondary N) is 4. The summed E-state index contributed by atoms with van der Waals surface area (Å²) in [6.45, 7) is 3.73. The first kappa shape index (κ1) is 33.2. The van der Waals surface area contributed by atoms with Crippen molar-refractivity contribution in [2.45, 2.75) is 38.4 Å². The minimum atomic E-state index is -0.465. The number of carbonyl (C=O) groups excluding carboxylic acids is 2. The molecule has 7 rings (SSSR count). The van der Waals surface area contributed by atoms with E-state index in [1.807, 2.05) is 12.1 Å². The van der Waals surface area contributed by atoms with Crippen molar-refractivity contribution in [3.8, 4) is 28.4 Å². The highest BCUT2D eigenvalue weighted by molar-refractivity contribution is 6.39. The number of hydrogen-bond acceptors (Lipinski definition) is 9. The summed E-state index contributed by atoms with van der Waals surface area (Å²) in [7, 11) is 1.56. The molecule has 1 spiro atoms. The fraction of sp³-hybridized carbons (Fsp3) is 0.343. The first-order chi connectivity index (χ1) is 23.7. The van der Waals surface area contributed by atoms with Gasteiger partial charge in [-0.3, -0.25) is 19.5 Å². The number of methoxy groups -OCH3 is 1. The predicted octanol–water partition coefficient (Wildman–Crippen LogP) is 5.09. The summed E-state index contributed by atoms with van der Waals surface area (Å²) >= 11 is 13.9. The SMILES string of the molecule is COc1nc(-c2ccnc(-c3cccc(Nc4nccc(CN5CC6(CNC(=O)C6)C5)c4F)c3Cl)c2Cl)ccc1CNC[C@H]1CCC(=O)N1. The molecule has 0 saturated carbocycles. The van der Waals surface area contributed by atoms with Crippen LogP contribution < -0.4 is 26.0 Å². The Morgan fingerprint density at radius 2 is 1.86 bits per heavy atom. The van der Waals surface area contributed by atoms with Gasteiger partial charge in [0.2, 0.25) is 17.7 Å². The first-order valence-electron chi connectivity index (χ1n) is 16.1. The van der Waals surface area contributed by atoms with Crippen molar-refractivity contribution in [1.29, 1.82) is 0 Å². The lowest BCUT2D eigenvalue weighted by atomic mass is 9.79. The van der Waals surface area contributed by atoms with Crippen molar-refractivity contribution in [3.63, 3.8) is 0 Å². The summed E-state index contributed by atoms with van der Waals surface area (Å²) in [4.78, 5) is 38.8. The molecule has 1 atom stereocenters. The molecule has 3 fully saturated rings. The number of ether oxygens (including phenoxy) is 1. The maximum atomic E-state index is 15.7. The van der Waals surface area contributed by atoms with Gasteiger partial charge in [-0.05, 0) is 30.7 Å². The molecule has 49 heavy (non-hydrogen) atoms. The number of nitrogens with zero attached hydrogens (tertiary/aromatic N) is 4. The van der Waals surface area contributed by atoms with Gasteiger partial charge in [0.05, 0.1) is 34.2 Å². The number of rotatable bonds is 11. The van der Waals surface area contributed by atoms with Crippen LogP contribution in [0.15, 0.2) is 54.9 Å². The number of carbonyl (C=O) groups is 2. The van der Waals surface area contributed by atoms with E-state index < -0.39 is 5.82 Å². The number of aromatic nitrogens is 3. The quantitative estimate of drug-likeness (QED) is 0.168. The Morgan fingerprint density at radius 1 is 1.02 bits per heavy atom. The summed E-state index contributed by atoms with van der Waals surface area (Å²) in [5.74, 6) is 0.199. The zero-order valence-electron chi connectivity index (χ0n) is 26.8. The highest BCUT2D eigenvalue weighted by Crippen LogP contribution is 2.41. The Labute approximate surface area is 293 Å². The van der Waals surface area contributed by atoms with Crippen LogP contribution >= 0.6 is 23.2 Å². The molecule has 0 unspecified atom stereocenters. The molecule has 6 heterocycles. The minimum Gasteiger partial charge on any atom is -0.481 e. The molecule has 0 aliphatic carbocycles. The van der Waals surface area contributed by atoms with E-state index in [0.29, 0.717) is 88.7 Å². The molecule has 0 radical (unpaired) electrons. The van der Waals surface area contributed by atoms with Gasteiger partial charge < -0.3 is 26.0 Å². The molecular weight excluding hydrogens is 670 g/mol. The van der Waals surface area contributed by atoms with Crippen LogP contribution in [0.3, 0.4) is 0 Å². The molecule has 0 bridgehead atoms. The fourth-order valence-electron chi connectivity index (χ4n) is 6.83. The highest BCUT2D eigenvalue weighted by Gasteiger charge is 2.48. The van der Waals surface area contributed by atoms with E-state index in [4.69, 9.17) is 32.9 Å². The van der Waals surface area contributed by atoms with E-state index in [1.54, 1.807) is 49.8 Å². The maximum absolute atomic E-state index is 15.7. The van der Waals surface area contributed by atoms with E-state index in [2.05, 4.69) is 36.1 Å². The minimum absolute atomic E-state index is 0.0396. The highest BCUT2D eigenvalue weighted by atomic mass is 35.5. The summed E-state index contributed by atoms with van der Waals surface area (Å²) in [6, 6.07) is 12.7. The van der Waals surface area contributed by atoms with Crippen LogP contribution in [0.4, 0.5) is 15.9 Å². The van der Waals surface area contributed by atoms with Gasteiger partial charge in [-0.2, -0.15) is 0 Å². The van der Waals surface area contributed by atoms with E-state index in [1.165, 1.54) is 0 Å². The molecule has 3 saturated heterocycles. The maximum Gasteiger partial charge on any atom is 0.220 e. The van der Waals surface area contributed by atoms with Crippen LogP contribution in [-0.4, -0.2) is 71.0 Å². The second-order valence-electron chi connectivity index (χ2n) is 12.8. The number of anilines is 2. The van der Waals surface area contributed by atoms with Crippen molar-refractivity contribution >= 4 is 46.5 Å². The Morgan fingerprint density at radius 3 is 2.61 bits per heavy atom. The Bertz CT molecular complexity index is 1920. The van der Waals surface area contributed by atoms with Crippen LogP contribution in [-0.2, 0) is 22.7 Å². The number of pyridine rings is 3. The molecule has 4 N–H and O–H groups in total. The third-order valence-electron chi connectivity index (χ3n) is 9.27. The lowest BCUT2D eigenvalue weighted by Crippen LogP contribution is -2.56. The standard InChI is InChI=1S/C35H35Cl2FN8O3/c1-49-34-20(14-39-15-22-6-8-27(47)43-22)5-7-25(45-34)23-10-12-40-32(30(23)37)24-3-2-4-26(29(24)36)44-33-31(38)21(9-11-41-33)16-46-18-35(19-46)13-28(48)42-17-35/h2-5,7,9-12,22,39H,6,8,13-19H2,1H3,(H,41,44)(H,42,48)(H,43,47)/t22-/m1/s1. The van der Waals surface area contributed by atoms with Gasteiger partial charge in [0, 0.05) is 98.2 Å². The van der Waals surface area contributed by atoms with Gasteiger partial charge in [0.15, 0.2) is 11.6 Å². The third kappa shape index (κ3) is 6.91. The normalized spacial score (nSPS) is 18.3. The molecular formula is C35H35Cl2FN8O3. The van der Waals surface area contributed by atoms with Gasteiger partial charge >= 0.3 is 0 Å². The molecule has 4 aromatic rings. The van der Waals surface area contributed by atoms with Crippen LogP contribution in [0.2, 0.25) is 10.0 Å². The van der Waals surface area contributed by atoms with E-state index in [9.17, 15) is 9.59 Å². The molecule has 14 heteroatoms. The van der Waals surface area contributed by atoms with Gasteiger partial charge in [0.25, 0.3) is 0 Å².